The highest BCUT2D eigenvalue weighted by molar-refractivity contribution is 5.48. The Balaban J connectivity index is 2.69. The molecule has 0 saturated heterocycles. The molecule has 0 aliphatic rings. The number of nitrogens with one attached hydrogen (secondary N) is 1. The number of nitrogens with zero attached hydrogens (tertiary/aromatic N) is 1. The summed E-state index contributed by atoms with van der Waals surface area (Å²) < 4.78 is 1.62. The molecule has 4 nitrogen and oxygen atoms in total. The fourth-order valence-corrected chi connectivity index (χ4v) is 1.60. The Morgan fingerprint density at radius 1 is 1.33 bits per heavy atom. The molecular weight excluding hydrogens is 190 g/mol. The Hall–Kier alpha value is -1.97. The number of imidazole rings is 1. The van der Waals surface area contributed by atoms with Crippen molar-refractivity contribution in [3.63, 3.8) is 0 Å². The van der Waals surface area contributed by atoms with E-state index >= 15 is 0 Å². The zero-order chi connectivity index (χ0) is 11.0. The molecule has 78 valence electrons. The van der Waals surface area contributed by atoms with Crippen LogP contribution in [0.5, 0.6) is 0 Å². The van der Waals surface area contributed by atoms with Gasteiger partial charge in [-0.1, -0.05) is 6.07 Å². The molecule has 15 heavy (non-hydrogen) atoms. The molecule has 1 heterocycles. The van der Waals surface area contributed by atoms with Gasteiger partial charge in [-0.15, -0.1) is 0 Å². The number of hydrogen-bond acceptors (Lipinski definition) is 2. The third-order valence-corrected chi connectivity index (χ3v) is 2.50. The van der Waals surface area contributed by atoms with Crippen molar-refractivity contribution in [3.8, 4) is 5.69 Å². The van der Waals surface area contributed by atoms with Crippen LogP contribution < -0.4 is 11.4 Å². The van der Waals surface area contributed by atoms with E-state index in [0.29, 0.717) is 5.69 Å². The minimum Gasteiger partial charge on any atom is -0.399 e. The molecule has 2 rings (SSSR count). The molecule has 1 aromatic heterocycles. The molecule has 0 spiro atoms. The van der Waals surface area contributed by atoms with Crippen LogP contribution in [0.25, 0.3) is 5.69 Å². The van der Waals surface area contributed by atoms with Gasteiger partial charge in [-0.2, -0.15) is 0 Å². The van der Waals surface area contributed by atoms with Gasteiger partial charge in [0.15, 0.2) is 0 Å². The summed E-state index contributed by atoms with van der Waals surface area (Å²) in [6.45, 7) is 3.77. The zero-order valence-corrected chi connectivity index (χ0v) is 8.74. The number of benzene rings is 1. The number of anilines is 1. The van der Waals surface area contributed by atoms with E-state index in [0.717, 1.165) is 17.1 Å². The first kappa shape index (κ1) is 9.58. The fourth-order valence-electron chi connectivity index (χ4n) is 1.60. The van der Waals surface area contributed by atoms with Crippen LogP contribution >= 0.6 is 0 Å². The predicted molar refractivity (Wildman–Crippen MR) is 60.3 cm³/mol. The molecule has 0 bridgehead atoms. The van der Waals surface area contributed by atoms with E-state index in [1.165, 1.54) is 0 Å². The largest absolute Gasteiger partial charge is 0.399 e. The second-order valence-electron chi connectivity index (χ2n) is 3.57. The number of rotatable bonds is 1. The molecule has 2 aromatic rings. The summed E-state index contributed by atoms with van der Waals surface area (Å²) in [6.07, 6.45) is 0. The van der Waals surface area contributed by atoms with Gasteiger partial charge in [0.05, 0.1) is 5.69 Å². The van der Waals surface area contributed by atoms with Crippen molar-refractivity contribution >= 4 is 5.69 Å². The van der Waals surface area contributed by atoms with Crippen LogP contribution in [-0.4, -0.2) is 9.55 Å². The summed E-state index contributed by atoms with van der Waals surface area (Å²) in [6, 6.07) is 7.27. The highest BCUT2D eigenvalue weighted by atomic mass is 16.1. The zero-order valence-electron chi connectivity index (χ0n) is 8.74. The van der Waals surface area contributed by atoms with Crippen molar-refractivity contribution in [3.05, 3.63) is 46.1 Å². The van der Waals surface area contributed by atoms with Crippen LogP contribution in [0.3, 0.4) is 0 Å². The molecule has 3 N–H and O–H groups in total. The number of hydrogen-bond donors (Lipinski definition) is 2. The molecule has 0 aliphatic carbocycles. The van der Waals surface area contributed by atoms with Crippen molar-refractivity contribution < 1.29 is 0 Å². The standard InChI is InChI=1S/C11H13N3O/c1-7-8(2)14(11(15)13-7)10-5-3-4-9(12)6-10/h3-6H,12H2,1-2H3,(H,13,15). The average Bonchev–Trinajstić information content (AvgIpc) is 2.41. The molecule has 0 radical (unpaired) electrons. The van der Waals surface area contributed by atoms with Crippen LogP contribution in [-0.2, 0) is 0 Å². The van der Waals surface area contributed by atoms with E-state index in [9.17, 15) is 4.79 Å². The Labute approximate surface area is 87.4 Å². The van der Waals surface area contributed by atoms with E-state index < -0.39 is 0 Å². The Kier molecular flexibility index (Phi) is 2.11. The van der Waals surface area contributed by atoms with Gasteiger partial charge >= 0.3 is 5.69 Å². The Morgan fingerprint density at radius 3 is 2.60 bits per heavy atom. The molecule has 0 amide bonds. The molecule has 0 aliphatic heterocycles. The quantitative estimate of drug-likeness (QED) is 0.687. The SMILES string of the molecule is Cc1[nH]c(=O)n(-c2cccc(N)c2)c1C. The number of aromatic nitrogens is 2. The summed E-state index contributed by atoms with van der Waals surface area (Å²) in [5.41, 5.74) is 8.78. The van der Waals surface area contributed by atoms with Gasteiger partial charge in [-0.05, 0) is 32.0 Å². The van der Waals surface area contributed by atoms with Crippen LogP contribution in [0.1, 0.15) is 11.4 Å². The average molecular weight is 203 g/mol. The topological polar surface area (TPSA) is 63.8 Å². The summed E-state index contributed by atoms with van der Waals surface area (Å²) in [7, 11) is 0. The van der Waals surface area contributed by atoms with Gasteiger partial charge in [-0.25, -0.2) is 4.79 Å². The lowest BCUT2D eigenvalue weighted by atomic mass is 10.2. The third-order valence-electron chi connectivity index (χ3n) is 2.50. The van der Waals surface area contributed by atoms with E-state index in [1.807, 2.05) is 26.0 Å². The van der Waals surface area contributed by atoms with Crippen LogP contribution in [0.4, 0.5) is 5.69 Å². The number of aromatic amines is 1. The predicted octanol–water partition coefficient (Wildman–Crippen LogP) is 1.36. The normalized spacial score (nSPS) is 10.5. The lowest BCUT2D eigenvalue weighted by Gasteiger charge is -2.04. The number of nitrogens with two attached hydrogens (primary N) is 1. The lowest BCUT2D eigenvalue weighted by Crippen LogP contribution is -2.15. The smallest absolute Gasteiger partial charge is 0.330 e. The van der Waals surface area contributed by atoms with Crippen LogP contribution in [0.15, 0.2) is 29.1 Å². The van der Waals surface area contributed by atoms with E-state index in [2.05, 4.69) is 4.98 Å². The highest BCUT2D eigenvalue weighted by Gasteiger charge is 2.08. The molecule has 4 heteroatoms. The van der Waals surface area contributed by atoms with Gasteiger partial charge in [-0.3, -0.25) is 4.57 Å². The summed E-state index contributed by atoms with van der Waals surface area (Å²) in [4.78, 5) is 14.4. The van der Waals surface area contributed by atoms with Gasteiger partial charge in [0.1, 0.15) is 0 Å². The van der Waals surface area contributed by atoms with E-state index in [-0.39, 0.29) is 5.69 Å². The first-order valence-electron chi connectivity index (χ1n) is 4.73. The van der Waals surface area contributed by atoms with Crippen molar-refractivity contribution in [1.82, 2.24) is 9.55 Å². The molecule has 0 fully saturated rings. The first-order valence-corrected chi connectivity index (χ1v) is 4.73. The summed E-state index contributed by atoms with van der Waals surface area (Å²) in [5.74, 6) is 0. The highest BCUT2D eigenvalue weighted by Crippen LogP contribution is 2.13. The second-order valence-corrected chi connectivity index (χ2v) is 3.57. The van der Waals surface area contributed by atoms with Crippen LogP contribution in [0, 0.1) is 13.8 Å². The second kappa shape index (κ2) is 3.31. The maximum absolute atomic E-state index is 11.6. The molecule has 0 saturated carbocycles. The van der Waals surface area contributed by atoms with E-state index in [4.69, 9.17) is 5.73 Å². The minimum absolute atomic E-state index is 0.129. The maximum Gasteiger partial charge on any atom is 0.330 e. The van der Waals surface area contributed by atoms with Gasteiger partial charge < -0.3 is 10.7 Å². The lowest BCUT2D eigenvalue weighted by molar-refractivity contribution is 0.949. The summed E-state index contributed by atoms with van der Waals surface area (Å²) >= 11 is 0. The number of H-pyrrole nitrogens is 1. The summed E-state index contributed by atoms with van der Waals surface area (Å²) in [5, 5.41) is 0. The van der Waals surface area contributed by atoms with Crippen molar-refractivity contribution in [1.29, 1.82) is 0 Å². The fraction of sp³-hybridized carbons (Fsp3) is 0.182. The minimum atomic E-state index is -0.129. The van der Waals surface area contributed by atoms with E-state index in [1.54, 1.807) is 16.7 Å². The van der Waals surface area contributed by atoms with Gasteiger partial charge in [0.25, 0.3) is 0 Å². The number of nitrogen functional groups attached to an aromatic ring is 1. The molecular formula is C11H13N3O. The van der Waals surface area contributed by atoms with Crippen molar-refractivity contribution in [2.75, 3.05) is 5.73 Å². The van der Waals surface area contributed by atoms with Gasteiger partial charge in [0.2, 0.25) is 0 Å². The molecule has 0 unspecified atom stereocenters. The first-order chi connectivity index (χ1) is 7.09. The van der Waals surface area contributed by atoms with Crippen molar-refractivity contribution in [2.24, 2.45) is 0 Å². The molecule has 1 aromatic carbocycles. The third kappa shape index (κ3) is 1.54. The Bertz CT molecular complexity index is 551. The maximum atomic E-state index is 11.6. The monoisotopic (exact) mass is 203 g/mol. The number of aryl methyl sites for hydroxylation is 1. The molecule has 0 atom stereocenters. The van der Waals surface area contributed by atoms with Crippen molar-refractivity contribution in [2.45, 2.75) is 13.8 Å². The van der Waals surface area contributed by atoms with Crippen LogP contribution in [0.2, 0.25) is 0 Å². The Morgan fingerprint density at radius 2 is 2.07 bits per heavy atom. The van der Waals surface area contributed by atoms with Gasteiger partial charge in [0, 0.05) is 17.1 Å².